The summed E-state index contributed by atoms with van der Waals surface area (Å²) in [4.78, 5) is 12.0. The molecule has 0 unspecified atom stereocenters. The zero-order valence-electron chi connectivity index (χ0n) is 10.6. The minimum atomic E-state index is -0.663. The van der Waals surface area contributed by atoms with Crippen molar-refractivity contribution < 1.29 is 18.3 Å². The summed E-state index contributed by atoms with van der Waals surface area (Å²) in [6.45, 7) is 1.47. The minimum Gasteiger partial charge on any atom is -0.378 e. The van der Waals surface area contributed by atoms with E-state index >= 15 is 0 Å². The van der Waals surface area contributed by atoms with Gasteiger partial charge in [-0.25, -0.2) is 8.78 Å². The predicted molar refractivity (Wildman–Crippen MR) is 63.6 cm³/mol. The van der Waals surface area contributed by atoms with Crippen LogP contribution < -0.4 is 0 Å². The molecule has 1 aliphatic rings. The summed E-state index contributed by atoms with van der Waals surface area (Å²) < 4.78 is 32.4. The van der Waals surface area contributed by atoms with Crippen LogP contribution in [-0.4, -0.2) is 18.5 Å². The van der Waals surface area contributed by atoms with E-state index in [0.717, 1.165) is 31.4 Å². The van der Waals surface area contributed by atoms with Crippen molar-refractivity contribution in [1.82, 2.24) is 0 Å². The lowest BCUT2D eigenvalue weighted by atomic mass is 9.75. The molecule has 0 heterocycles. The van der Waals surface area contributed by atoms with Crippen molar-refractivity contribution in [3.63, 3.8) is 0 Å². The molecular formula is C14H16F2O2. The second kappa shape index (κ2) is 4.76. The van der Waals surface area contributed by atoms with Crippen LogP contribution in [0.25, 0.3) is 0 Å². The van der Waals surface area contributed by atoms with Gasteiger partial charge in [0.15, 0.2) is 5.78 Å². The maximum atomic E-state index is 13.7. The molecule has 2 nitrogen and oxygen atoms in total. The maximum absolute atomic E-state index is 13.7. The smallest absolute Gasteiger partial charge is 0.168 e. The molecule has 0 radical (unpaired) electrons. The molecule has 4 heteroatoms. The lowest BCUT2D eigenvalue weighted by Gasteiger charge is -2.40. The van der Waals surface area contributed by atoms with Gasteiger partial charge in [-0.2, -0.15) is 0 Å². The van der Waals surface area contributed by atoms with Gasteiger partial charge < -0.3 is 4.74 Å². The van der Waals surface area contributed by atoms with E-state index in [0.29, 0.717) is 0 Å². The van der Waals surface area contributed by atoms with E-state index in [1.54, 1.807) is 7.11 Å². The van der Waals surface area contributed by atoms with Crippen molar-refractivity contribution in [2.45, 2.75) is 38.2 Å². The van der Waals surface area contributed by atoms with Gasteiger partial charge in [0, 0.05) is 13.5 Å². The Morgan fingerprint density at radius 3 is 2.50 bits per heavy atom. The number of aryl methyl sites for hydroxylation is 1. The Morgan fingerprint density at radius 2 is 2.00 bits per heavy atom. The summed E-state index contributed by atoms with van der Waals surface area (Å²) in [6.07, 6.45) is 2.71. The topological polar surface area (TPSA) is 26.3 Å². The molecule has 18 heavy (non-hydrogen) atoms. The maximum Gasteiger partial charge on any atom is 0.168 e. The average molecular weight is 254 g/mol. The first-order chi connectivity index (χ1) is 8.47. The summed E-state index contributed by atoms with van der Waals surface area (Å²) in [5, 5.41) is 0. The van der Waals surface area contributed by atoms with Crippen molar-refractivity contribution >= 4 is 5.78 Å². The SMILES string of the molecule is COC1(CC(=O)c2cc(F)c(C)cc2F)CCC1. The molecule has 0 amide bonds. The normalized spacial score (nSPS) is 17.3. The first-order valence-electron chi connectivity index (χ1n) is 6.01. The molecule has 0 N–H and O–H groups in total. The van der Waals surface area contributed by atoms with Gasteiger partial charge in [0.2, 0.25) is 0 Å². The molecule has 0 atom stereocenters. The summed E-state index contributed by atoms with van der Waals surface area (Å²) in [7, 11) is 1.55. The summed E-state index contributed by atoms with van der Waals surface area (Å²) in [5.41, 5.74) is -0.444. The highest BCUT2D eigenvalue weighted by Crippen LogP contribution is 2.39. The molecule has 1 saturated carbocycles. The van der Waals surface area contributed by atoms with E-state index in [1.807, 2.05) is 0 Å². The fraction of sp³-hybridized carbons (Fsp3) is 0.500. The van der Waals surface area contributed by atoms with Crippen LogP contribution in [0.2, 0.25) is 0 Å². The average Bonchev–Trinajstić information content (AvgIpc) is 2.28. The number of methoxy groups -OCH3 is 1. The van der Waals surface area contributed by atoms with E-state index in [4.69, 9.17) is 4.74 Å². The van der Waals surface area contributed by atoms with Crippen molar-refractivity contribution in [2.24, 2.45) is 0 Å². The number of rotatable bonds is 4. The highest BCUT2D eigenvalue weighted by atomic mass is 19.1. The Labute approximate surface area is 105 Å². The van der Waals surface area contributed by atoms with Crippen LogP contribution in [0.3, 0.4) is 0 Å². The molecule has 1 aromatic carbocycles. The van der Waals surface area contributed by atoms with Gasteiger partial charge in [-0.05, 0) is 43.9 Å². The van der Waals surface area contributed by atoms with E-state index in [2.05, 4.69) is 0 Å². The van der Waals surface area contributed by atoms with Crippen LogP contribution in [0.4, 0.5) is 8.78 Å². The Bertz CT molecular complexity index is 473. The molecule has 0 saturated heterocycles. The Balaban J connectivity index is 2.21. The summed E-state index contributed by atoms with van der Waals surface area (Å²) >= 11 is 0. The second-order valence-corrected chi connectivity index (χ2v) is 4.92. The molecule has 1 fully saturated rings. The molecule has 1 aromatic rings. The number of benzene rings is 1. The Kier molecular flexibility index (Phi) is 3.48. The first kappa shape index (κ1) is 13.1. The Hall–Kier alpha value is -1.29. The summed E-state index contributed by atoms with van der Waals surface area (Å²) in [6, 6.07) is 2.04. The van der Waals surface area contributed by atoms with Crippen LogP contribution in [-0.2, 0) is 4.74 Å². The van der Waals surface area contributed by atoms with Crippen LogP contribution >= 0.6 is 0 Å². The van der Waals surface area contributed by atoms with Crippen molar-refractivity contribution in [3.05, 3.63) is 34.9 Å². The molecule has 0 bridgehead atoms. The molecule has 2 rings (SSSR count). The number of carbonyl (C=O) groups is 1. The monoisotopic (exact) mass is 254 g/mol. The van der Waals surface area contributed by atoms with Gasteiger partial charge in [-0.3, -0.25) is 4.79 Å². The van der Waals surface area contributed by atoms with E-state index in [1.165, 1.54) is 6.92 Å². The van der Waals surface area contributed by atoms with Crippen molar-refractivity contribution in [2.75, 3.05) is 7.11 Å². The highest BCUT2D eigenvalue weighted by Gasteiger charge is 2.39. The highest BCUT2D eigenvalue weighted by molar-refractivity contribution is 5.97. The Morgan fingerprint density at radius 1 is 1.33 bits per heavy atom. The zero-order chi connectivity index (χ0) is 13.3. The van der Waals surface area contributed by atoms with E-state index in [-0.39, 0.29) is 17.5 Å². The predicted octanol–water partition coefficient (Wildman–Crippen LogP) is 3.42. The van der Waals surface area contributed by atoms with Gasteiger partial charge in [-0.15, -0.1) is 0 Å². The number of carbonyl (C=O) groups excluding carboxylic acids is 1. The molecule has 98 valence electrons. The number of hydrogen-bond acceptors (Lipinski definition) is 2. The number of ketones is 1. The number of ether oxygens (including phenoxy) is 1. The van der Waals surface area contributed by atoms with Crippen molar-refractivity contribution in [3.8, 4) is 0 Å². The lowest BCUT2D eigenvalue weighted by molar-refractivity contribution is -0.0705. The van der Waals surface area contributed by atoms with Gasteiger partial charge >= 0.3 is 0 Å². The largest absolute Gasteiger partial charge is 0.378 e. The standard InChI is InChI=1S/C14H16F2O2/c1-9-6-12(16)10(7-11(9)15)13(17)8-14(18-2)4-3-5-14/h6-7H,3-5,8H2,1-2H3. The molecule has 0 aromatic heterocycles. The van der Waals surface area contributed by atoms with Crippen LogP contribution in [0, 0.1) is 18.6 Å². The second-order valence-electron chi connectivity index (χ2n) is 4.92. The molecular weight excluding hydrogens is 238 g/mol. The quantitative estimate of drug-likeness (QED) is 0.770. The lowest BCUT2D eigenvalue weighted by Crippen LogP contribution is -2.41. The van der Waals surface area contributed by atoms with Crippen LogP contribution in [0.1, 0.15) is 41.6 Å². The third-order valence-corrected chi connectivity index (χ3v) is 3.73. The van der Waals surface area contributed by atoms with E-state index in [9.17, 15) is 13.6 Å². The summed E-state index contributed by atoms with van der Waals surface area (Å²) in [5.74, 6) is -1.61. The fourth-order valence-electron chi connectivity index (χ4n) is 2.27. The number of Topliss-reactive ketones (excluding diaryl/α,β-unsaturated/α-hetero) is 1. The minimum absolute atomic E-state index is 0.114. The van der Waals surface area contributed by atoms with E-state index < -0.39 is 23.0 Å². The first-order valence-corrected chi connectivity index (χ1v) is 6.01. The third kappa shape index (κ3) is 2.29. The number of hydrogen-bond donors (Lipinski definition) is 0. The molecule has 0 aliphatic heterocycles. The van der Waals surface area contributed by atoms with Gasteiger partial charge in [0.1, 0.15) is 11.6 Å². The van der Waals surface area contributed by atoms with Gasteiger partial charge in [-0.1, -0.05) is 0 Å². The van der Waals surface area contributed by atoms with Gasteiger partial charge in [0.25, 0.3) is 0 Å². The molecule has 1 aliphatic carbocycles. The van der Waals surface area contributed by atoms with Crippen LogP contribution in [0.15, 0.2) is 12.1 Å². The van der Waals surface area contributed by atoms with Crippen LogP contribution in [0.5, 0.6) is 0 Å². The van der Waals surface area contributed by atoms with Crippen molar-refractivity contribution in [1.29, 1.82) is 0 Å². The molecule has 0 spiro atoms. The zero-order valence-corrected chi connectivity index (χ0v) is 10.6. The number of halogens is 2. The fourth-order valence-corrected chi connectivity index (χ4v) is 2.27. The van der Waals surface area contributed by atoms with Gasteiger partial charge in [0.05, 0.1) is 11.2 Å². The third-order valence-electron chi connectivity index (χ3n) is 3.73.